The minimum atomic E-state index is -4.66. The first-order chi connectivity index (χ1) is 34.0. The van der Waals surface area contributed by atoms with Crippen molar-refractivity contribution in [3.05, 3.63) is 122 Å². The predicted octanol–water partition coefficient (Wildman–Crippen LogP) is 16.2. The molecule has 0 aliphatic carbocycles. The Labute approximate surface area is 428 Å². The highest BCUT2D eigenvalue weighted by Gasteiger charge is 2.21. The zero-order chi connectivity index (χ0) is 51.3. The number of likely N-dealkylation sites (N-methyl/N-ethyl adjacent to an activating group) is 1. The Balaban J connectivity index is 4.37. The van der Waals surface area contributed by atoms with Crippen LogP contribution in [0, 0.1) is 0 Å². The highest BCUT2D eigenvalue weighted by atomic mass is 31.2. The van der Waals surface area contributed by atoms with E-state index in [0.717, 1.165) is 83.5 Å². The lowest BCUT2D eigenvalue weighted by atomic mass is 10.1. The van der Waals surface area contributed by atoms with E-state index in [1.54, 1.807) is 0 Å². The summed E-state index contributed by atoms with van der Waals surface area (Å²) in [6, 6.07) is 0. The summed E-state index contributed by atoms with van der Waals surface area (Å²) in [7, 11) is 1.10. The van der Waals surface area contributed by atoms with E-state index in [2.05, 4.69) is 129 Å². The summed E-state index contributed by atoms with van der Waals surface area (Å²) in [5.74, 6) is -0.921. The Morgan fingerprint density at radius 3 is 1.26 bits per heavy atom. The lowest BCUT2D eigenvalue weighted by Crippen LogP contribution is -2.37. The molecular formula is C60H100NO8P. The predicted molar refractivity (Wildman–Crippen MR) is 295 cm³/mol. The van der Waals surface area contributed by atoms with Gasteiger partial charge in [-0.2, -0.15) is 0 Å². The number of esters is 2. The monoisotopic (exact) mass is 994 g/mol. The van der Waals surface area contributed by atoms with Crippen LogP contribution in [0.5, 0.6) is 0 Å². The molecule has 0 aromatic carbocycles. The van der Waals surface area contributed by atoms with Gasteiger partial charge in [-0.1, -0.05) is 200 Å². The molecule has 0 radical (unpaired) electrons. The molecule has 0 aromatic heterocycles. The van der Waals surface area contributed by atoms with Crippen molar-refractivity contribution in [1.82, 2.24) is 0 Å². The first-order valence-electron chi connectivity index (χ1n) is 27.2. The number of phosphoric ester groups is 1. The van der Waals surface area contributed by atoms with Gasteiger partial charge in [-0.25, -0.2) is 0 Å². The first-order valence-corrected chi connectivity index (χ1v) is 28.7. The van der Waals surface area contributed by atoms with Gasteiger partial charge in [0.2, 0.25) is 0 Å². The Morgan fingerprint density at radius 1 is 0.457 bits per heavy atom. The first kappa shape index (κ1) is 66.4. The Kier molecular flexibility index (Phi) is 47.8. The van der Waals surface area contributed by atoms with Gasteiger partial charge in [0.1, 0.15) is 19.8 Å². The summed E-state index contributed by atoms with van der Waals surface area (Å²) < 4.78 is 34.0. The molecule has 10 heteroatoms. The van der Waals surface area contributed by atoms with Crippen LogP contribution in [0.4, 0.5) is 0 Å². The zero-order valence-corrected chi connectivity index (χ0v) is 45.8. The average Bonchev–Trinajstić information content (AvgIpc) is 3.32. The molecule has 9 nitrogen and oxygen atoms in total. The molecule has 0 spiro atoms. The van der Waals surface area contributed by atoms with Crippen LogP contribution in [0.1, 0.15) is 194 Å². The molecule has 0 aromatic rings. The summed E-state index contributed by atoms with van der Waals surface area (Å²) in [5.41, 5.74) is 0. The van der Waals surface area contributed by atoms with Crippen molar-refractivity contribution in [3.8, 4) is 0 Å². The molecule has 0 aliphatic rings. The van der Waals surface area contributed by atoms with E-state index < -0.39 is 32.5 Å². The summed E-state index contributed by atoms with van der Waals surface area (Å²) in [4.78, 5) is 37.8. The van der Waals surface area contributed by atoms with Crippen LogP contribution in [0.2, 0.25) is 0 Å². The van der Waals surface area contributed by atoms with Crippen LogP contribution >= 0.6 is 7.82 Å². The van der Waals surface area contributed by atoms with Gasteiger partial charge in [0.25, 0.3) is 7.82 Å². The smallest absolute Gasteiger partial charge is 0.306 e. The quantitative estimate of drug-likeness (QED) is 0.0195. The van der Waals surface area contributed by atoms with Gasteiger partial charge in [-0.05, 0) is 103 Å². The number of rotatable bonds is 48. The molecule has 0 bridgehead atoms. The van der Waals surface area contributed by atoms with Crippen LogP contribution in [-0.2, 0) is 32.7 Å². The highest BCUT2D eigenvalue weighted by Crippen LogP contribution is 2.38. The second kappa shape index (κ2) is 50.4. The third-order valence-electron chi connectivity index (χ3n) is 11.0. The Hall–Kier alpha value is -3.59. The lowest BCUT2D eigenvalue weighted by Gasteiger charge is -2.28. The fraction of sp³-hybridized carbons (Fsp3) is 0.633. The molecule has 0 heterocycles. The van der Waals surface area contributed by atoms with Crippen LogP contribution in [0.15, 0.2) is 122 Å². The van der Waals surface area contributed by atoms with Gasteiger partial charge < -0.3 is 27.9 Å². The Morgan fingerprint density at radius 2 is 0.829 bits per heavy atom. The SMILES string of the molecule is CC/C=C\C/C=C\C/C=C\C/C=C\C/C=C\C/C=C\C/C=C\CCCC(=O)OC(COC(=O)CCCCCCCCCC/C=C\C/C=C\C/C=C\CCCCCCC)COP(=O)([O-])OCC[N+](C)(C)C. The van der Waals surface area contributed by atoms with E-state index in [0.29, 0.717) is 30.3 Å². The largest absolute Gasteiger partial charge is 0.756 e. The van der Waals surface area contributed by atoms with E-state index in [1.165, 1.54) is 64.2 Å². The number of unbranched alkanes of at least 4 members (excludes halogenated alkanes) is 14. The van der Waals surface area contributed by atoms with Crippen molar-refractivity contribution >= 4 is 19.8 Å². The lowest BCUT2D eigenvalue weighted by molar-refractivity contribution is -0.870. The number of carbonyl (C=O) groups excluding carboxylic acids is 2. The maximum absolute atomic E-state index is 12.7. The zero-order valence-electron chi connectivity index (χ0n) is 44.9. The average molecular weight is 994 g/mol. The van der Waals surface area contributed by atoms with E-state index in [-0.39, 0.29) is 26.1 Å². The maximum atomic E-state index is 12.7. The van der Waals surface area contributed by atoms with Crippen molar-refractivity contribution in [3.63, 3.8) is 0 Å². The second-order valence-electron chi connectivity index (χ2n) is 18.9. The van der Waals surface area contributed by atoms with Gasteiger partial charge in [0.15, 0.2) is 6.10 Å². The molecule has 0 amide bonds. The number of hydrogen-bond acceptors (Lipinski definition) is 8. The van der Waals surface area contributed by atoms with E-state index >= 15 is 0 Å². The standard InChI is InChI=1S/C60H100NO8P/c1-6-8-10-12-14-16-18-20-22-24-26-28-30-32-34-36-38-40-42-44-46-48-50-52-59(62)66-56-58(57-68-70(64,65)67-55-54-61(3,4)5)69-60(63)53-51-49-47-45-43-41-39-37-35-33-31-29-27-25-23-21-19-17-15-13-11-9-7-2/h9,11,15,17-18,20-21,23-24,26-27,29-30,32-33,35,39,41,45,47,58H,6-8,10,12-14,16,19,22,25,28,31,34,36-38,40,42-44,46,48-57H2,1-5H3/b11-9-,17-15-,20-18-,23-21-,26-24-,29-27-,32-30-,35-33-,41-39-,47-45-. The maximum Gasteiger partial charge on any atom is 0.306 e. The molecule has 0 N–H and O–H groups in total. The topological polar surface area (TPSA) is 111 Å². The summed E-state index contributed by atoms with van der Waals surface area (Å²) in [6.07, 6.45) is 71.0. The highest BCUT2D eigenvalue weighted by molar-refractivity contribution is 7.45. The second-order valence-corrected chi connectivity index (χ2v) is 20.3. The molecule has 0 saturated carbocycles. The summed E-state index contributed by atoms with van der Waals surface area (Å²) in [6.45, 7) is 4.02. The van der Waals surface area contributed by atoms with E-state index in [4.69, 9.17) is 18.5 Å². The molecular weight excluding hydrogens is 894 g/mol. The number of quaternary nitrogens is 1. The molecule has 0 fully saturated rings. The third-order valence-corrected chi connectivity index (χ3v) is 11.9. The summed E-state index contributed by atoms with van der Waals surface area (Å²) >= 11 is 0. The third kappa shape index (κ3) is 53.8. The van der Waals surface area contributed by atoms with Crippen molar-refractivity contribution in [2.24, 2.45) is 0 Å². The van der Waals surface area contributed by atoms with E-state index in [1.807, 2.05) is 27.2 Å². The Bertz CT molecular complexity index is 1590. The molecule has 0 aliphatic heterocycles. The van der Waals surface area contributed by atoms with Crippen molar-refractivity contribution in [2.45, 2.75) is 200 Å². The molecule has 0 saturated heterocycles. The van der Waals surface area contributed by atoms with Gasteiger partial charge in [0, 0.05) is 12.8 Å². The number of ether oxygens (including phenoxy) is 2. The van der Waals surface area contributed by atoms with Crippen molar-refractivity contribution in [1.29, 1.82) is 0 Å². The minimum Gasteiger partial charge on any atom is -0.756 e. The van der Waals surface area contributed by atoms with E-state index in [9.17, 15) is 19.0 Å². The van der Waals surface area contributed by atoms with Gasteiger partial charge in [0.05, 0.1) is 27.7 Å². The van der Waals surface area contributed by atoms with Crippen molar-refractivity contribution in [2.75, 3.05) is 47.5 Å². The number of carbonyl (C=O) groups is 2. The van der Waals surface area contributed by atoms with Gasteiger partial charge >= 0.3 is 11.9 Å². The van der Waals surface area contributed by atoms with Gasteiger partial charge in [-0.3, -0.25) is 14.2 Å². The van der Waals surface area contributed by atoms with Crippen molar-refractivity contribution < 1.29 is 42.1 Å². The molecule has 70 heavy (non-hydrogen) atoms. The summed E-state index contributed by atoms with van der Waals surface area (Å²) in [5, 5.41) is 0. The van der Waals surface area contributed by atoms with Gasteiger partial charge in [-0.15, -0.1) is 0 Å². The fourth-order valence-corrected chi connectivity index (χ4v) is 7.50. The number of nitrogens with zero attached hydrogens (tertiary/aromatic N) is 1. The minimum absolute atomic E-state index is 0.0504. The van der Waals surface area contributed by atoms with Crippen LogP contribution in [0.25, 0.3) is 0 Å². The van der Waals surface area contributed by atoms with Crippen LogP contribution < -0.4 is 4.89 Å². The van der Waals surface area contributed by atoms with Crippen LogP contribution in [-0.4, -0.2) is 70.0 Å². The molecule has 398 valence electrons. The normalized spacial score (nSPS) is 14.3. The molecule has 2 unspecified atom stereocenters. The molecule has 2 atom stereocenters. The molecule has 0 rings (SSSR count). The number of allylic oxidation sites excluding steroid dienone is 20. The van der Waals surface area contributed by atoms with Crippen LogP contribution in [0.3, 0.4) is 0 Å². The number of phosphoric acid groups is 1. The fourth-order valence-electron chi connectivity index (χ4n) is 6.77. The number of hydrogen-bond donors (Lipinski definition) is 0.